The van der Waals surface area contributed by atoms with Gasteiger partial charge in [-0.15, -0.1) is 11.3 Å². The summed E-state index contributed by atoms with van der Waals surface area (Å²) >= 11 is 1.38. The van der Waals surface area contributed by atoms with E-state index in [2.05, 4.69) is 10.3 Å². The van der Waals surface area contributed by atoms with E-state index in [1.54, 1.807) is 5.38 Å². The number of nitro benzene ring substituents is 1. The molecule has 0 bridgehead atoms. The van der Waals surface area contributed by atoms with Crippen LogP contribution in [0.2, 0.25) is 0 Å². The van der Waals surface area contributed by atoms with Gasteiger partial charge in [0.25, 0.3) is 0 Å². The van der Waals surface area contributed by atoms with Gasteiger partial charge in [-0.2, -0.15) is 0 Å². The zero-order valence-electron chi connectivity index (χ0n) is 12.6. The van der Waals surface area contributed by atoms with Gasteiger partial charge in [0.1, 0.15) is 0 Å². The van der Waals surface area contributed by atoms with Crippen LogP contribution in [0.15, 0.2) is 47.8 Å². The molecular weight excluding hydrogens is 330 g/mol. The van der Waals surface area contributed by atoms with E-state index in [0.717, 1.165) is 5.69 Å². The molecular formula is C16H13N3O4S. The number of phenols is 1. The van der Waals surface area contributed by atoms with Gasteiger partial charge >= 0.3 is 5.69 Å². The van der Waals surface area contributed by atoms with E-state index in [-0.39, 0.29) is 5.75 Å². The number of aromatic hydroxyl groups is 1. The van der Waals surface area contributed by atoms with E-state index in [1.165, 1.54) is 30.6 Å². The second-order valence-electron chi connectivity index (χ2n) is 4.83. The molecule has 24 heavy (non-hydrogen) atoms. The average molecular weight is 343 g/mol. The molecule has 0 unspecified atom stereocenters. The number of rotatable bonds is 5. The lowest BCUT2D eigenvalue weighted by Crippen LogP contribution is -1.94. The number of nitrogens with one attached hydrogen (secondary N) is 1. The van der Waals surface area contributed by atoms with Gasteiger partial charge in [-0.05, 0) is 18.2 Å². The summed E-state index contributed by atoms with van der Waals surface area (Å²) in [7, 11) is 1.34. The van der Waals surface area contributed by atoms with E-state index in [1.807, 2.05) is 30.3 Å². The van der Waals surface area contributed by atoms with Crippen molar-refractivity contribution in [3.05, 3.63) is 58.0 Å². The molecule has 7 nitrogen and oxygen atoms in total. The molecule has 2 N–H and O–H groups in total. The van der Waals surface area contributed by atoms with Crippen LogP contribution in [0.1, 0.15) is 0 Å². The summed E-state index contributed by atoms with van der Waals surface area (Å²) in [5, 5.41) is 26.5. The van der Waals surface area contributed by atoms with E-state index in [0.29, 0.717) is 16.4 Å². The van der Waals surface area contributed by atoms with Crippen LogP contribution in [0.5, 0.6) is 11.5 Å². The van der Waals surface area contributed by atoms with Gasteiger partial charge < -0.3 is 15.2 Å². The molecule has 0 saturated carbocycles. The zero-order chi connectivity index (χ0) is 17.1. The second kappa shape index (κ2) is 6.55. The van der Waals surface area contributed by atoms with Crippen LogP contribution < -0.4 is 10.1 Å². The monoisotopic (exact) mass is 343 g/mol. The minimum atomic E-state index is -0.656. The molecule has 0 aliphatic carbocycles. The summed E-state index contributed by atoms with van der Waals surface area (Å²) in [6, 6.07) is 12.4. The summed E-state index contributed by atoms with van der Waals surface area (Å²) in [6.45, 7) is 0. The van der Waals surface area contributed by atoms with Crippen LogP contribution in [0.4, 0.5) is 16.5 Å². The summed E-state index contributed by atoms with van der Waals surface area (Å²) in [4.78, 5) is 14.9. The maximum Gasteiger partial charge on any atom is 0.315 e. The van der Waals surface area contributed by atoms with Crippen molar-refractivity contribution < 1.29 is 14.8 Å². The fourth-order valence-corrected chi connectivity index (χ4v) is 2.88. The number of hydrogen-bond donors (Lipinski definition) is 2. The quantitative estimate of drug-likeness (QED) is 0.533. The lowest BCUT2D eigenvalue weighted by Gasteiger charge is -2.06. The molecule has 3 rings (SSSR count). The third-order valence-electron chi connectivity index (χ3n) is 3.30. The zero-order valence-corrected chi connectivity index (χ0v) is 13.4. The summed E-state index contributed by atoms with van der Waals surface area (Å²) in [6.07, 6.45) is 0. The number of thiazole rings is 1. The smallest absolute Gasteiger partial charge is 0.315 e. The van der Waals surface area contributed by atoms with E-state index >= 15 is 0 Å². The predicted molar refractivity (Wildman–Crippen MR) is 92.1 cm³/mol. The number of phenolic OH excluding ortho intramolecular Hbond substituents is 1. The number of nitro groups is 1. The third-order valence-corrected chi connectivity index (χ3v) is 4.05. The molecule has 2 aromatic carbocycles. The number of para-hydroxylation sites is 1. The van der Waals surface area contributed by atoms with Crippen LogP contribution in [0, 0.1) is 10.1 Å². The summed E-state index contributed by atoms with van der Waals surface area (Å²) in [5.74, 6) is -0.464. The van der Waals surface area contributed by atoms with Crippen LogP contribution >= 0.6 is 11.3 Å². The van der Waals surface area contributed by atoms with Crippen molar-refractivity contribution in [2.24, 2.45) is 0 Å². The molecule has 8 heteroatoms. The van der Waals surface area contributed by atoms with Gasteiger partial charge in [0, 0.05) is 22.7 Å². The third kappa shape index (κ3) is 3.13. The number of ether oxygens (including phenoxy) is 1. The minimum absolute atomic E-state index is 0.0322. The Bertz CT molecular complexity index is 880. The lowest BCUT2D eigenvalue weighted by molar-refractivity contribution is -0.385. The molecule has 1 aromatic heterocycles. The van der Waals surface area contributed by atoms with Crippen LogP contribution in [0.25, 0.3) is 11.3 Å². The van der Waals surface area contributed by atoms with Gasteiger partial charge in [-0.25, -0.2) is 4.98 Å². The molecule has 122 valence electrons. The molecule has 0 atom stereocenters. The highest BCUT2D eigenvalue weighted by atomic mass is 32.1. The molecule has 0 saturated heterocycles. The van der Waals surface area contributed by atoms with Gasteiger partial charge in [0.15, 0.2) is 10.9 Å². The van der Waals surface area contributed by atoms with Gasteiger partial charge in [-0.1, -0.05) is 18.2 Å². The highest BCUT2D eigenvalue weighted by Gasteiger charge is 2.21. The molecule has 1 heterocycles. The van der Waals surface area contributed by atoms with Crippen molar-refractivity contribution in [3.8, 4) is 22.8 Å². The number of aromatic nitrogens is 1. The Kier molecular flexibility index (Phi) is 4.30. The first-order chi connectivity index (χ1) is 11.6. The van der Waals surface area contributed by atoms with Crippen LogP contribution in [0.3, 0.4) is 0 Å². The van der Waals surface area contributed by atoms with Crippen LogP contribution in [-0.4, -0.2) is 22.1 Å². The van der Waals surface area contributed by atoms with E-state index in [9.17, 15) is 15.2 Å². The molecule has 3 aromatic rings. The minimum Gasteiger partial charge on any atom is -0.500 e. The maximum atomic E-state index is 11.1. The molecule has 0 spiro atoms. The highest BCUT2D eigenvalue weighted by molar-refractivity contribution is 7.14. The van der Waals surface area contributed by atoms with E-state index in [4.69, 9.17) is 4.74 Å². The second-order valence-corrected chi connectivity index (χ2v) is 5.69. The first-order valence-corrected chi connectivity index (χ1v) is 7.80. The normalized spacial score (nSPS) is 10.4. The Labute approximate surface area is 141 Å². The number of methoxy groups -OCH3 is 1. The number of anilines is 2. The highest BCUT2D eigenvalue weighted by Crippen LogP contribution is 2.40. The van der Waals surface area contributed by atoms with Crippen molar-refractivity contribution >= 4 is 27.8 Å². The van der Waals surface area contributed by atoms with Crippen molar-refractivity contribution in [3.63, 3.8) is 0 Å². The molecule has 0 aliphatic heterocycles. The Balaban J connectivity index is 1.95. The van der Waals surface area contributed by atoms with Gasteiger partial charge in [-0.3, -0.25) is 10.1 Å². The molecule has 0 radical (unpaired) electrons. The van der Waals surface area contributed by atoms with Gasteiger partial charge in [0.2, 0.25) is 5.75 Å². The topological polar surface area (TPSA) is 97.5 Å². The first kappa shape index (κ1) is 15.8. The summed E-state index contributed by atoms with van der Waals surface area (Å²) in [5.41, 5.74) is 1.52. The molecule has 0 aliphatic rings. The van der Waals surface area contributed by atoms with Crippen LogP contribution in [-0.2, 0) is 0 Å². The Morgan fingerprint density at radius 2 is 2.04 bits per heavy atom. The van der Waals surface area contributed by atoms with Crippen molar-refractivity contribution in [1.29, 1.82) is 0 Å². The van der Waals surface area contributed by atoms with Gasteiger partial charge in [0.05, 0.1) is 17.7 Å². The standard InChI is InChI=1S/C16H13N3O4S/c1-23-14-8-10(7-13(15(14)20)19(21)22)12-9-24-16(18-12)17-11-5-3-2-4-6-11/h2-9,20H,1H3,(H,17,18). The fourth-order valence-electron chi connectivity index (χ4n) is 2.14. The first-order valence-electron chi connectivity index (χ1n) is 6.92. The number of benzene rings is 2. The van der Waals surface area contributed by atoms with Crippen molar-refractivity contribution in [1.82, 2.24) is 4.98 Å². The largest absolute Gasteiger partial charge is 0.500 e. The van der Waals surface area contributed by atoms with Crippen molar-refractivity contribution in [2.75, 3.05) is 12.4 Å². The maximum absolute atomic E-state index is 11.1. The lowest BCUT2D eigenvalue weighted by atomic mass is 10.1. The number of nitrogens with zero attached hydrogens (tertiary/aromatic N) is 2. The average Bonchev–Trinajstić information content (AvgIpc) is 3.04. The number of hydrogen-bond acceptors (Lipinski definition) is 7. The van der Waals surface area contributed by atoms with E-state index < -0.39 is 16.4 Å². The Morgan fingerprint density at radius 3 is 2.71 bits per heavy atom. The summed E-state index contributed by atoms with van der Waals surface area (Å²) < 4.78 is 5.01. The molecule has 0 fully saturated rings. The fraction of sp³-hybridized carbons (Fsp3) is 0.0625. The Hall–Kier alpha value is -3.13. The Morgan fingerprint density at radius 1 is 1.29 bits per heavy atom. The van der Waals surface area contributed by atoms with Crippen molar-refractivity contribution in [2.45, 2.75) is 0 Å². The SMILES string of the molecule is COc1cc(-c2csc(Nc3ccccc3)n2)cc([N+](=O)[O-])c1O. The molecule has 0 amide bonds. The predicted octanol–water partition coefficient (Wildman–Crippen LogP) is 4.18.